The summed E-state index contributed by atoms with van der Waals surface area (Å²) in [4.78, 5) is 16.5. The quantitative estimate of drug-likeness (QED) is 0.829. The number of hydrogen-bond acceptors (Lipinski definition) is 3. The van der Waals surface area contributed by atoms with Crippen LogP contribution in [0.5, 0.6) is 0 Å². The lowest BCUT2D eigenvalue weighted by Gasteiger charge is -2.12. The predicted octanol–water partition coefficient (Wildman–Crippen LogP) is 1.11. The highest BCUT2D eigenvalue weighted by Gasteiger charge is 2.07. The van der Waals surface area contributed by atoms with Gasteiger partial charge in [-0.05, 0) is 43.8 Å². The first kappa shape index (κ1) is 14.5. The normalized spacial score (nSPS) is 10.6. The van der Waals surface area contributed by atoms with Crippen LogP contribution in [0.15, 0.2) is 23.0 Å². The van der Waals surface area contributed by atoms with Crippen LogP contribution in [0.1, 0.15) is 11.3 Å². The van der Waals surface area contributed by atoms with Gasteiger partial charge >= 0.3 is 0 Å². The van der Waals surface area contributed by atoms with E-state index in [-0.39, 0.29) is 5.56 Å². The molecule has 2 rings (SSSR count). The summed E-state index contributed by atoms with van der Waals surface area (Å²) in [7, 11) is 1.76. The minimum absolute atomic E-state index is 0.0489. The van der Waals surface area contributed by atoms with E-state index < -0.39 is 0 Å². The van der Waals surface area contributed by atoms with Gasteiger partial charge in [-0.2, -0.15) is 0 Å². The Morgan fingerprint density at radius 2 is 2.15 bits per heavy atom. The van der Waals surface area contributed by atoms with Crippen LogP contribution >= 0.6 is 12.2 Å². The molecule has 6 heteroatoms. The molecule has 0 saturated heterocycles. The summed E-state index contributed by atoms with van der Waals surface area (Å²) in [5.41, 5.74) is 2.72. The number of rotatable bonds is 3. The summed E-state index contributed by atoms with van der Waals surface area (Å²) >= 11 is 5.02. The monoisotopic (exact) mass is 290 g/mol. The van der Waals surface area contributed by atoms with E-state index in [0.29, 0.717) is 18.2 Å². The highest BCUT2D eigenvalue weighted by atomic mass is 32.1. The topological polar surface area (TPSA) is 59.0 Å². The van der Waals surface area contributed by atoms with Crippen molar-refractivity contribution in [3.05, 3.63) is 39.8 Å². The van der Waals surface area contributed by atoms with Gasteiger partial charge in [-0.3, -0.25) is 9.36 Å². The molecular formula is C14H18N4OS. The number of nitrogens with one attached hydrogen (secondary N) is 2. The summed E-state index contributed by atoms with van der Waals surface area (Å²) < 4.78 is 1.68. The zero-order valence-corrected chi connectivity index (χ0v) is 12.7. The van der Waals surface area contributed by atoms with Crippen LogP contribution in [0, 0.1) is 13.8 Å². The standard InChI is InChI=1S/C14H18N4OS/c1-9-8-10(2)17-13-11(9)4-5-12(19)18(13)7-6-16-14(20)15-3/h4-5,8H,6-7H2,1-3H3,(H2,15,16,20). The van der Waals surface area contributed by atoms with E-state index in [4.69, 9.17) is 12.2 Å². The third kappa shape index (κ3) is 2.96. The maximum Gasteiger partial charge on any atom is 0.252 e. The lowest BCUT2D eigenvalue weighted by atomic mass is 10.1. The highest BCUT2D eigenvalue weighted by molar-refractivity contribution is 7.80. The maximum atomic E-state index is 12.0. The van der Waals surface area contributed by atoms with E-state index in [1.807, 2.05) is 26.0 Å². The van der Waals surface area contributed by atoms with Gasteiger partial charge < -0.3 is 10.6 Å². The zero-order chi connectivity index (χ0) is 14.7. The Bertz CT molecular complexity index is 708. The number of aromatic nitrogens is 2. The van der Waals surface area contributed by atoms with Crippen LogP contribution in [0.2, 0.25) is 0 Å². The maximum absolute atomic E-state index is 12.0. The summed E-state index contributed by atoms with van der Waals surface area (Å²) in [6.45, 7) is 5.06. The van der Waals surface area contributed by atoms with Crippen LogP contribution in [0.4, 0.5) is 0 Å². The van der Waals surface area contributed by atoms with Crippen LogP contribution < -0.4 is 16.2 Å². The molecule has 0 unspecified atom stereocenters. The van der Waals surface area contributed by atoms with Crippen molar-refractivity contribution in [3.63, 3.8) is 0 Å². The zero-order valence-electron chi connectivity index (χ0n) is 11.9. The number of thiocarbonyl (C=S) groups is 1. The first-order chi connectivity index (χ1) is 9.52. The SMILES string of the molecule is CNC(=S)NCCn1c(=O)ccc2c(C)cc(C)nc21. The van der Waals surface area contributed by atoms with Crippen molar-refractivity contribution in [2.24, 2.45) is 0 Å². The van der Waals surface area contributed by atoms with Gasteiger partial charge in [0, 0.05) is 37.3 Å². The molecule has 0 fully saturated rings. The van der Waals surface area contributed by atoms with Crippen molar-refractivity contribution in [2.45, 2.75) is 20.4 Å². The Hall–Kier alpha value is -1.95. The van der Waals surface area contributed by atoms with Gasteiger partial charge in [0.15, 0.2) is 5.11 Å². The van der Waals surface area contributed by atoms with Crippen LogP contribution in [0.25, 0.3) is 11.0 Å². The Morgan fingerprint density at radius 3 is 2.85 bits per heavy atom. The molecule has 0 aromatic carbocycles. The predicted molar refractivity (Wildman–Crippen MR) is 85.1 cm³/mol. The Kier molecular flexibility index (Phi) is 4.34. The fourth-order valence-corrected chi connectivity index (χ4v) is 2.28. The Balaban J connectivity index is 2.38. The van der Waals surface area contributed by atoms with Crippen LogP contribution in [-0.4, -0.2) is 28.3 Å². The number of nitrogens with zero attached hydrogens (tertiary/aromatic N) is 2. The number of pyridine rings is 2. The molecule has 0 saturated carbocycles. The molecule has 0 radical (unpaired) electrons. The van der Waals surface area contributed by atoms with Crippen LogP contribution in [-0.2, 0) is 6.54 Å². The fourth-order valence-electron chi connectivity index (χ4n) is 2.17. The number of fused-ring (bicyclic) bond motifs is 1. The molecule has 2 aromatic rings. The third-order valence-corrected chi connectivity index (χ3v) is 3.48. The van der Waals surface area contributed by atoms with E-state index in [1.165, 1.54) is 0 Å². The van der Waals surface area contributed by atoms with Crippen molar-refractivity contribution < 1.29 is 0 Å². The molecule has 2 aromatic heterocycles. The van der Waals surface area contributed by atoms with Crippen molar-refractivity contribution >= 4 is 28.4 Å². The van der Waals surface area contributed by atoms with Gasteiger partial charge in [-0.1, -0.05) is 0 Å². The summed E-state index contributed by atoms with van der Waals surface area (Å²) in [6.07, 6.45) is 0. The second-order valence-corrected chi connectivity index (χ2v) is 5.06. The number of hydrogen-bond donors (Lipinski definition) is 2. The molecule has 0 aliphatic carbocycles. The van der Waals surface area contributed by atoms with E-state index in [0.717, 1.165) is 22.3 Å². The van der Waals surface area contributed by atoms with E-state index >= 15 is 0 Å². The van der Waals surface area contributed by atoms with Crippen molar-refractivity contribution in [1.29, 1.82) is 0 Å². The highest BCUT2D eigenvalue weighted by Crippen LogP contribution is 2.15. The van der Waals surface area contributed by atoms with Gasteiger partial charge in [0.05, 0.1) is 0 Å². The molecule has 0 aliphatic heterocycles. The molecule has 0 amide bonds. The smallest absolute Gasteiger partial charge is 0.252 e. The van der Waals surface area contributed by atoms with E-state index in [9.17, 15) is 4.79 Å². The molecular weight excluding hydrogens is 272 g/mol. The third-order valence-electron chi connectivity index (χ3n) is 3.14. The van der Waals surface area contributed by atoms with Gasteiger partial charge in [0.2, 0.25) is 0 Å². The van der Waals surface area contributed by atoms with Crippen molar-refractivity contribution in [1.82, 2.24) is 20.2 Å². The second-order valence-electron chi connectivity index (χ2n) is 4.65. The van der Waals surface area contributed by atoms with Crippen molar-refractivity contribution in [3.8, 4) is 0 Å². The van der Waals surface area contributed by atoms with Gasteiger partial charge in [-0.25, -0.2) is 4.98 Å². The fraction of sp³-hybridized carbons (Fsp3) is 0.357. The van der Waals surface area contributed by atoms with Crippen LogP contribution in [0.3, 0.4) is 0 Å². The minimum atomic E-state index is -0.0489. The van der Waals surface area contributed by atoms with E-state index in [2.05, 4.69) is 15.6 Å². The largest absolute Gasteiger partial charge is 0.366 e. The molecule has 106 valence electrons. The Labute approximate surface area is 123 Å². The average molecular weight is 290 g/mol. The molecule has 5 nitrogen and oxygen atoms in total. The lowest BCUT2D eigenvalue weighted by molar-refractivity contribution is 0.664. The molecule has 0 bridgehead atoms. The molecule has 0 aliphatic rings. The molecule has 0 atom stereocenters. The van der Waals surface area contributed by atoms with E-state index in [1.54, 1.807) is 17.7 Å². The average Bonchev–Trinajstić information content (AvgIpc) is 2.40. The first-order valence-corrected chi connectivity index (χ1v) is 6.87. The summed E-state index contributed by atoms with van der Waals surface area (Å²) in [5, 5.41) is 7.45. The first-order valence-electron chi connectivity index (χ1n) is 6.46. The van der Waals surface area contributed by atoms with Crippen molar-refractivity contribution in [2.75, 3.05) is 13.6 Å². The molecule has 2 N–H and O–H groups in total. The molecule has 0 spiro atoms. The molecule has 20 heavy (non-hydrogen) atoms. The van der Waals surface area contributed by atoms with Gasteiger partial charge in [0.25, 0.3) is 5.56 Å². The van der Waals surface area contributed by atoms with Gasteiger partial charge in [-0.15, -0.1) is 0 Å². The number of aryl methyl sites for hydroxylation is 2. The lowest BCUT2D eigenvalue weighted by Crippen LogP contribution is -2.36. The molecule has 2 heterocycles. The Morgan fingerprint density at radius 1 is 1.40 bits per heavy atom. The summed E-state index contributed by atoms with van der Waals surface area (Å²) in [6, 6.07) is 5.44. The van der Waals surface area contributed by atoms with Gasteiger partial charge in [0.1, 0.15) is 5.65 Å². The second kappa shape index (κ2) is 6.00. The minimum Gasteiger partial charge on any atom is -0.366 e. The summed E-state index contributed by atoms with van der Waals surface area (Å²) in [5.74, 6) is 0.